The van der Waals surface area contributed by atoms with Crippen LogP contribution in [0.4, 0.5) is 0 Å². The van der Waals surface area contributed by atoms with Gasteiger partial charge in [0.1, 0.15) is 0 Å². The van der Waals surface area contributed by atoms with Crippen molar-refractivity contribution in [1.29, 1.82) is 0 Å². The van der Waals surface area contributed by atoms with E-state index >= 15 is 0 Å². The zero-order valence-corrected chi connectivity index (χ0v) is 13.6. The number of hydrogen-bond donors (Lipinski definition) is 1. The molecule has 0 aliphatic heterocycles. The van der Waals surface area contributed by atoms with Crippen LogP contribution in [0.1, 0.15) is 11.1 Å². The lowest BCUT2D eigenvalue weighted by Gasteiger charge is -2.16. The van der Waals surface area contributed by atoms with Gasteiger partial charge in [-0.3, -0.25) is 14.6 Å². The van der Waals surface area contributed by atoms with E-state index in [1.165, 1.54) is 4.90 Å². The standard InChI is InChI=1S/C17H18ClN3O2/c1-21(11-8-13-6-9-19-10-7-13)17(23)16(22)20-12-14-2-4-15(18)5-3-14/h2-7,9-10H,8,11-12H2,1H3,(H,20,22). The van der Waals surface area contributed by atoms with E-state index in [2.05, 4.69) is 10.3 Å². The molecule has 0 unspecified atom stereocenters. The Labute approximate surface area is 140 Å². The molecule has 0 atom stereocenters. The van der Waals surface area contributed by atoms with E-state index in [1.54, 1.807) is 43.7 Å². The predicted octanol–water partition coefficient (Wildman–Crippen LogP) is 2.05. The predicted molar refractivity (Wildman–Crippen MR) is 88.9 cm³/mol. The molecule has 0 bridgehead atoms. The molecule has 5 nitrogen and oxygen atoms in total. The molecule has 0 fully saturated rings. The molecule has 2 amide bonds. The number of pyridine rings is 1. The maximum atomic E-state index is 12.0. The summed E-state index contributed by atoms with van der Waals surface area (Å²) in [5, 5.41) is 3.25. The van der Waals surface area contributed by atoms with Crippen LogP contribution in [0.15, 0.2) is 48.8 Å². The molecule has 1 heterocycles. The minimum Gasteiger partial charge on any atom is -0.344 e. The number of likely N-dealkylation sites (N-methyl/N-ethyl adjacent to an activating group) is 1. The first-order valence-electron chi connectivity index (χ1n) is 7.23. The summed E-state index contributed by atoms with van der Waals surface area (Å²) in [5.41, 5.74) is 1.95. The molecule has 120 valence electrons. The van der Waals surface area contributed by atoms with E-state index < -0.39 is 11.8 Å². The van der Waals surface area contributed by atoms with Gasteiger partial charge in [0.15, 0.2) is 0 Å². The summed E-state index contributed by atoms with van der Waals surface area (Å²) >= 11 is 5.80. The molecular formula is C17H18ClN3O2. The number of benzene rings is 1. The largest absolute Gasteiger partial charge is 0.344 e. The van der Waals surface area contributed by atoms with Gasteiger partial charge in [-0.1, -0.05) is 23.7 Å². The fourth-order valence-electron chi connectivity index (χ4n) is 1.98. The third-order valence-electron chi connectivity index (χ3n) is 3.39. The molecule has 2 aromatic rings. The molecule has 23 heavy (non-hydrogen) atoms. The van der Waals surface area contributed by atoms with Gasteiger partial charge in [-0.15, -0.1) is 0 Å². The third kappa shape index (κ3) is 5.38. The molecule has 2 rings (SSSR count). The maximum absolute atomic E-state index is 12.0. The number of carbonyl (C=O) groups excluding carboxylic acids is 2. The van der Waals surface area contributed by atoms with Crippen molar-refractivity contribution in [3.63, 3.8) is 0 Å². The fraction of sp³-hybridized carbons (Fsp3) is 0.235. The van der Waals surface area contributed by atoms with E-state index in [9.17, 15) is 9.59 Å². The van der Waals surface area contributed by atoms with Gasteiger partial charge in [-0.05, 0) is 41.8 Å². The van der Waals surface area contributed by atoms with E-state index in [1.807, 2.05) is 12.1 Å². The third-order valence-corrected chi connectivity index (χ3v) is 3.64. The first kappa shape index (κ1) is 17.0. The van der Waals surface area contributed by atoms with Crippen LogP contribution < -0.4 is 5.32 Å². The first-order chi connectivity index (χ1) is 11.1. The maximum Gasteiger partial charge on any atom is 0.311 e. The zero-order chi connectivity index (χ0) is 16.7. The Morgan fingerprint density at radius 3 is 2.39 bits per heavy atom. The van der Waals surface area contributed by atoms with Crippen molar-refractivity contribution >= 4 is 23.4 Å². The fourth-order valence-corrected chi connectivity index (χ4v) is 2.11. The summed E-state index contributed by atoms with van der Waals surface area (Å²) in [7, 11) is 1.62. The van der Waals surface area contributed by atoms with Gasteiger partial charge in [-0.25, -0.2) is 0 Å². The van der Waals surface area contributed by atoms with Crippen molar-refractivity contribution in [3.05, 3.63) is 64.9 Å². The van der Waals surface area contributed by atoms with Gasteiger partial charge in [0.25, 0.3) is 0 Å². The molecule has 0 radical (unpaired) electrons. The summed E-state index contributed by atoms with van der Waals surface area (Å²) in [6.45, 7) is 0.761. The number of carbonyl (C=O) groups is 2. The van der Waals surface area contributed by atoms with Gasteiger partial charge in [-0.2, -0.15) is 0 Å². The topological polar surface area (TPSA) is 62.3 Å². The van der Waals surface area contributed by atoms with Crippen LogP contribution in [0.3, 0.4) is 0 Å². The van der Waals surface area contributed by atoms with E-state index in [0.29, 0.717) is 24.5 Å². The number of amides is 2. The highest BCUT2D eigenvalue weighted by Crippen LogP contribution is 2.09. The highest BCUT2D eigenvalue weighted by Gasteiger charge is 2.17. The quantitative estimate of drug-likeness (QED) is 0.853. The molecule has 0 aliphatic carbocycles. The molecule has 1 aromatic heterocycles. The van der Waals surface area contributed by atoms with Crippen LogP contribution in [-0.4, -0.2) is 35.3 Å². The lowest BCUT2D eigenvalue weighted by atomic mass is 10.2. The summed E-state index contributed by atoms with van der Waals surface area (Å²) in [5.74, 6) is -1.16. The normalized spacial score (nSPS) is 10.2. The van der Waals surface area contributed by atoms with E-state index in [-0.39, 0.29) is 0 Å². The molecule has 1 N–H and O–H groups in total. The average Bonchev–Trinajstić information content (AvgIpc) is 2.59. The molecular weight excluding hydrogens is 314 g/mol. The van der Waals surface area contributed by atoms with Crippen LogP contribution >= 0.6 is 11.6 Å². The Kier molecular flexibility index (Phi) is 6.11. The molecule has 6 heteroatoms. The lowest BCUT2D eigenvalue weighted by Crippen LogP contribution is -2.41. The summed E-state index contributed by atoms with van der Waals surface area (Å²) in [6, 6.07) is 10.9. The first-order valence-corrected chi connectivity index (χ1v) is 7.60. The van der Waals surface area contributed by atoms with Crippen LogP contribution in [0, 0.1) is 0 Å². The molecule has 0 saturated carbocycles. The van der Waals surface area contributed by atoms with Gasteiger partial charge < -0.3 is 10.2 Å². The number of nitrogens with zero attached hydrogens (tertiary/aromatic N) is 2. The molecule has 0 saturated heterocycles. The van der Waals surface area contributed by atoms with E-state index in [0.717, 1.165) is 11.1 Å². The summed E-state index contributed by atoms with van der Waals surface area (Å²) in [6.07, 6.45) is 4.08. The second-order valence-corrected chi connectivity index (χ2v) is 5.58. The summed E-state index contributed by atoms with van der Waals surface area (Å²) in [4.78, 5) is 29.3. The Hall–Kier alpha value is -2.40. The van der Waals surface area contributed by atoms with Crippen LogP contribution in [-0.2, 0) is 22.6 Å². The summed E-state index contributed by atoms with van der Waals surface area (Å²) < 4.78 is 0. The minimum absolute atomic E-state index is 0.292. The Morgan fingerprint density at radius 2 is 1.74 bits per heavy atom. The van der Waals surface area contributed by atoms with Crippen LogP contribution in [0.5, 0.6) is 0 Å². The second-order valence-electron chi connectivity index (χ2n) is 5.14. The SMILES string of the molecule is CN(CCc1ccncc1)C(=O)C(=O)NCc1ccc(Cl)cc1. The Balaban J connectivity index is 1.79. The molecule has 1 aromatic carbocycles. The van der Waals surface area contributed by atoms with E-state index in [4.69, 9.17) is 11.6 Å². The Bertz CT molecular complexity index is 659. The lowest BCUT2D eigenvalue weighted by molar-refractivity contribution is -0.145. The highest BCUT2D eigenvalue weighted by molar-refractivity contribution is 6.34. The number of aromatic nitrogens is 1. The number of hydrogen-bond acceptors (Lipinski definition) is 3. The van der Waals surface area contributed by atoms with Gasteiger partial charge in [0.05, 0.1) is 0 Å². The van der Waals surface area contributed by atoms with Crippen molar-refractivity contribution in [3.8, 4) is 0 Å². The van der Waals surface area contributed by atoms with Crippen molar-refractivity contribution in [2.24, 2.45) is 0 Å². The monoisotopic (exact) mass is 331 g/mol. The zero-order valence-electron chi connectivity index (χ0n) is 12.8. The smallest absolute Gasteiger partial charge is 0.311 e. The molecule has 0 aliphatic rings. The van der Waals surface area contributed by atoms with Crippen molar-refractivity contribution in [2.75, 3.05) is 13.6 Å². The minimum atomic E-state index is -0.614. The van der Waals surface area contributed by atoms with Crippen molar-refractivity contribution in [1.82, 2.24) is 15.2 Å². The molecule has 0 spiro atoms. The van der Waals surface area contributed by atoms with Crippen LogP contribution in [0.25, 0.3) is 0 Å². The number of nitrogens with one attached hydrogen (secondary N) is 1. The van der Waals surface area contributed by atoms with Gasteiger partial charge >= 0.3 is 11.8 Å². The van der Waals surface area contributed by atoms with Crippen molar-refractivity contribution in [2.45, 2.75) is 13.0 Å². The van der Waals surface area contributed by atoms with Crippen molar-refractivity contribution < 1.29 is 9.59 Å². The number of halogens is 1. The Morgan fingerprint density at radius 1 is 1.09 bits per heavy atom. The second kappa shape index (κ2) is 8.29. The van der Waals surface area contributed by atoms with Crippen LogP contribution in [0.2, 0.25) is 5.02 Å². The average molecular weight is 332 g/mol. The van der Waals surface area contributed by atoms with Gasteiger partial charge in [0.2, 0.25) is 0 Å². The number of rotatable bonds is 5. The van der Waals surface area contributed by atoms with Gasteiger partial charge in [0, 0.05) is 37.6 Å². The highest BCUT2D eigenvalue weighted by atomic mass is 35.5.